The molecule has 0 saturated heterocycles. The van der Waals surface area contributed by atoms with Crippen LogP contribution >= 0.6 is 43.5 Å². The van der Waals surface area contributed by atoms with Gasteiger partial charge in [0.05, 0.1) is 0 Å². The third-order valence-electron chi connectivity index (χ3n) is 3.06. The van der Waals surface area contributed by atoms with Gasteiger partial charge in [-0.15, -0.1) is 0 Å². The highest BCUT2D eigenvalue weighted by molar-refractivity contribution is 9.11. The SMILES string of the molecule is Clc1ccc(Cn2cc(Br)c3cc(Br)ccc32)cc1. The quantitative estimate of drug-likeness (QED) is 0.508. The summed E-state index contributed by atoms with van der Waals surface area (Å²) < 4.78 is 4.43. The van der Waals surface area contributed by atoms with Crippen LogP contribution in [-0.4, -0.2) is 4.57 Å². The number of benzene rings is 2. The molecule has 4 heteroatoms. The first-order valence-corrected chi connectivity index (χ1v) is 7.78. The summed E-state index contributed by atoms with van der Waals surface area (Å²) in [7, 11) is 0. The summed E-state index contributed by atoms with van der Waals surface area (Å²) in [6.45, 7) is 0.834. The maximum absolute atomic E-state index is 5.91. The van der Waals surface area contributed by atoms with Crippen LogP contribution in [-0.2, 0) is 6.54 Å². The Labute approximate surface area is 133 Å². The standard InChI is InChI=1S/C15H10Br2ClN/c16-11-3-6-15-13(7-11)14(17)9-19(15)8-10-1-4-12(18)5-2-10/h1-7,9H,8H2. The van der Waals surface area contributed by atoms with Crippen LogP contribution in [0, 0.1) is 0 Å². The van der Waals surface area contributed by atoms with E-state index in [9.17, 15) is 0 Å². The Kier molecular flexibility index (Phi) is 3.70. The topological polar surface area (TPSA) is 4.93 Å². The minimum absolute atomic E-state index is 0.770. The van der Waals surface area contributed by atoms with Gasteiger partial charge in [-0.25, -0.2) is 0 Å². The molecule has 0 spiro atoms. The fraction of sp³-hybridized carbons (Fsp3) is 0.0667. The molecular formula is C15H10Br2ClN. The molecule has 1 nitrogen and oxygen atoms in total. The molecule has 0 aliphatic carbocycles. The zero-order chi connectivity index (χ0) is 13.4. The van der Waals surface area contributed by atoms with Crippen molar-refractivity contribution in [2.75, 3.05) is 0 Å². The summed E-state index contributed by atoms with van der Waals surface area (Å²) in [6, 6.07) is 14.3. The molecule has 0 saturated carbocycles. The number of hydrogen-bond donors (Lipinski definition) is 0. The van der Waals surface area contributed by atoms with Crippen molar-refractivity contribution in [3.05, 3.63) is 68.2 Å². The Balaban J connectivity index is 2.03. The molecule has 0 fully saturated rings. The van der Waals surface area contributed by atoms with E-state index in [4.69, 9.17) is 11.6 Å². The minimum Gasteiger partial charge on any atom is -0.342 e. The Morgan fingerprint density at radius 2 is 1.74 bits per heavy atom. The largest absolute Gasteiger partial charge is 0.342 e. The number of rotatable bonds is 2. The maximum Gasteiger partial charge on any atom is 0.0496 e. The second-order valence-corrected chi connectivity index (χ2v) is 6.60. The van der Waals surface area contributed by atoms with Gasteiger partial charge in [-0.1, -0.05) is 39.7 Å². The van der Waals surface area contributed by atoms with Gasteiger partial charge in [-0.3, -0.25) is 0 Å². The summed E-state index contributed by atoms with van der Waals surface area (Å²) in [6.07, 6.45) is 2.12. The molecule has 0 amide bonds. The van der Waals surface area contributed by atoms with E-state index >= 15 is 0 Å². The van der Waals surface area contributed by atoms with Crippen molar-refractivity contribution < 1.29 is 0 Å². The number of aromatic nitrogens is 1. The summed E-state index contributed by atoms with van der Waals surface area (Å²) >= 11 is 13.0. The molecule has 0 unspecified atom stereocenters. The van der Waals surface area contributed by atoms with Crippen molar-refractivity contribution in [3.8, 4) is 0 Å². The van der Waals surface area contributed by atoms with E-state index in [1.54, 1.807) is 0 Å². The average molecular weight is 400 g/mol. The summed E-state index contributed by atoms with van der Waals surface area (Å²) in [5.74, 6) is 0. The van der Waals surface area contributed by atoms with Crippen molar-refractivity contribution in [1.82, 2.24) is 4.57 Å². The molecule has 0 atom stereocenters. The molecular weight excluding hydrogens is 389 g/mol. The fourth-order valence-corrected chi connectivity index (χ4v) is 3.20. The monoisotopic (exact) mass is 397 g/mol. The highest BCUT2D eigenvalue weighted by Crippen LogP contribution is 2.29. The van der Waals surface area contributed by atoms with Crippen molar-refractivity contribution in [2.24, 2.45) is 0 Å². The van der Waals surface area contributed by atoms with Crippen molar-refractivity contribution in [3.63, 3.8) is 0 Å². The first-order chi connectivity index (χ1) is 9.13. The van der Waals surface area contributed by atoms with E-state index in [0.29, 0.717) is 0 Å². The van der Waals surface area contributed by atoms with E-state index < -0.39 is 0 Å². The number of hydrogen-bond acceptors (Lipinski definition) is 0. The maximum atomic E-state index is 5.91. The van der Waals surface area contributed by atoms with Crippen LogP contribution in [0.5, 0.6) is 0 Å². The molecule has 3 rings (SSSR count). The normalized spacial score (nSPS) is 11.1. The molecule has 96 valence electrons. The van der Waals surface area contributed by atoms with E-state index in [2.05, 4.69) is 73.0 Å². The Morgan fingerprint density at radius 1 is 1.00 bits per heavy atom. The highest BCUT2D eigenvalue weighted by atomic mass is 79.9. The van der Waals surface area contributed by atoms with Gasteiger partial charge < -0.3 is 4.57 Å². The van der Waals surface area contributed by atoms with Crippen LogP contribution in [0.2, 0.25) is 5.02 Å². The van der Waals surface area contributed by atoms with Crippen LogP contribution in [0.1, 0.15) is 5.56 Å². The van der Waals surface area contributed by atoms with Crippen LogP contribution in [0.3, 0.4) is 0 Å². The lowest BCUT2D eigenvalue weighted by Crippen LogP contribution is -1.97. The molecule has 3 aromatic rings. The molecule has 1 aromatic heterocycles. The van der Waals surface area contributed by atoms with Crippen molar-refractivity contribution in [2.45, 2.75) is 6.54 Å². The van der Waals surface area contributed by atoms with Crippen LogP contribution in [0.4, 0.5) is 0 Å². The third kappa shape index (κ3) is 2.73. The van der Waals surface area contributed by atoms with Gasteiger partial charge >= 0.3 is 0 Å². The van der Waals surface area contributed by atoms with Gasteiger partial charge in [0.25, 0.3) is 0 Å². The predicted molar refractivity (Wildman–Crippen MR) is 87.9 cm³/mol. The summed E-state index contributed by atoms with van der Waals surface area (Å²) in [5.41, 5.74) is 2.45. The van der Waals surface area contributed by atoms with E-state index in [1.165, 1.54) is 16.5 Å². The average Bonchev–Trinajstić information content (AvgIpc) is 2.69. The van der Waals surface area contributed by atoms with Crippen molar-refractivity contribution >= 4 is 54.4 Å². The fourth-order valence-electron chi connectivity index (χ4n) is 2.14. The molecule has 0 N–H and O–H groups in total. The lowest BCUT2D eigenvalue weighted by atomic mass is 10.2. The van der Waals surface area contributed by atoms with E-state index in [0.717, 1.165) is 20.5 Å². The molecule has 19 heavy (non-hydrogen) atoms. The van der Waals surface area contributed by atoms with Gasteiger partial charge in [0.15, 0.2) is 0 Å². The number of halogens is 3. The first kappa shape index (κ1) is 13.2. The van der Waals surface area contributed by atoms with Crippen LogP contribution in [0.25, 0.3) is 10.9 Å². The van der Waals surface area contributed by atoms with Gasteiger partial charge in [0, 0.05) is 37.6 Å². The number of nitrogens with zero attached hydrogens (tertiary/aromatic N) is 1. The minimum atomic E-state index is 0.770. The van der Waals surface area contributed by atoms with Crippen LogP contribution < -0.4 is 0 Å². The molecule has 0 radical (unpaired) electrons. The van der Waals surface area contributed by atoms with E-state index in [1.807, 2.05) is 12.1 Å². The second kappa shape index (κ2) is 5.31. The zero-order valence-corrected chi connectivity index (χ0v) is 13.8. The lowest BCUT2D eigenvalue weighted by molar-refractivity contribution is 0.835. The highest BCUT2D eigenvalue weighted by Gasteiger charge is 2.07. The molecule has 0 aliphatic rings. The molecule has 0 aliphatic heterocycles. The summed E-state index contributed by atoms with van der Waals surface area (Å²) in [5, 5.41) is 1.98. The second-order valence-electron chi connectivity index (χ2n) is 4.39. The smallest absolute Gasteiger partial charge is 0.0496 e. The molecule has 0 bridgehead atoms. The Hall–Kier alpha value is -0.770. The van der Waals surface area contributed by atoms with Crippen molar-refractivity contribution in [1.29, 1.82) is 0 Å². The first-order valence-electron chi connectivity index (χ1n) is 5.82. The van der Waals surface area contributed by atoms with Crippen LogP contribution in [0.15, 0.2) is 57.6 Å². The van der Waals surface area contributed by atoms with Gasteiger partial charge in [0.2, 0.25) is 0 Å². The Morgan fingerprint density at radius 3 is 2.47 bits per heavy atom. The molecule has 1 heterocycles. The van der Waals surface area contributed by atoms with Gasteiger partial charge in [-0.05, 0) is 51.8 Å². The Bertz CT molecular complexity index is 732. The summed E-state index contributed by atoms with van der Waals surface area (Å²) in [4.78, 5) is 0. The zero-order valence-electron chi connectivity index (χ0n) is 9.91. The lowest BCUT2D eigenvalue weighted by Gasteiger charge is -2.06. The van der Waals surface area contributed by atoms with Gasteiger partial charge in [-0.2, -0.15) is 0 Å². The predicted octanol–water partition coefficient (Wildman–Crippen LogP) is 5.87. The third-order valence-corrected chi connectivity index (χ3v) is 4.44. The van der Waals surface area contributed by atoms with E-state index in [-0.39, 0.29) is 0 Å². The van der Waals surface area contributed by atoms with Gasteiger partial charge in [0.1, 0.15) is 0 Å². The number of fused-ring (bicyclic) bond motifs is 1. The molecule has 2 aromatic carbocycles.